The number of rotatable bonds is 2. The average Bonchev–Trinajstić information content (AvgIpc) is 2.62. The third-order valence-electron chi connectivity index (χ3n) is 2.23. The summed E-state index contributed by atoms with van der Waals surface area (Å²) in [6.07, 6.45) is 1.86. The SMILES string of the molecule is C[C@H]1C[C@@H]1C(=O)N(C)S(C)(=O)=O. The van der Waals surface area contributed by atoms with Crippen LogP contribution >= 0.6 is 0 Å². The molecule has 1 saturated carbocycles. The fraction of sp³-hybridized carbons (Fsp3) is 0.857. The third-order valence-corrected chi connectivity index (χ3v) is 3.41. The number of nitrogens with zero attached hydrogens (tertiary/aromatic N) is 1. The number of amides is 1. The standard InChI is InChI=1S/C7H13NO3S/c1-5-4-6(5)7(9)8(2)12(3,10)11/h5-6H,4H2,1-3H3/t5-,6-/m0/s1. The van der Waals surface area contributed by atoms with Crippen molar-refractivity contribution in [3.63, 3.8) is 0 Å². The lowest BCUT2D eigenvalue weighted by Crippen LogP contribution is -2.33. The van der Waals surface area contributed by atoms with E-state index in [1.807, 2.05) is 6.92 Å². The quantitative estimate of drug-likeness (QED) is 0.620. The number of carbonyl (C=O) groups is 1. The van der Waals surface area contributed by atoms with Crippen molar-refractivity contribution in [1.82, 2.24) is 4.31 Å². The van der Waals surface area contributed by atoms with Crippen molar-refractivity contribution in [1.29, 1.82) is 0 Å². The van der Waals surface area contributed by atoms with Crippen LogP contribution in [0.3, 0.4) is 0 Å². The summed E-state index contributed by atoms with van der Waals surface area (Å²) in [5.74, 6) is 0.0106. The van der Waals surface area contributed by atoms with Crippen LogP contribution in [0.4, 0.5) is 0 Å². The Labute approximate surface area is 72.6 Å². The van der Waals surface area contributed by atoms with Crippen molar-refractivity contribution in [3.05, 3.63) is 0 Å². The van der Waals surface area contributed by atoms with Gasteiger partial charge in [-0.1, -0.05) is 6.92 Å². The number of hydrogen-bond acceptors (Lipinski definition) is 3. The van der Waals surface area contributed by atoms with Gasteiger partial charge in [0.1, 0.15) is 0 Å². The van der Waals surface area contributed by atoms with Crippen LogP contribution < -0.4 is 0 Å². The van der Waals surface area contributed by atoms with Crippen molar-refractivity contribution >= 4 is 15.9 Å². The van der Waals surface area contributed by atoms with Gasteiger partial charge < -0.3 is 0 Å². The Morgan fingerprint density at radius 1 is 1.50 bits per heavy atom. The van der Waals surface area contributed by atoms with Crippen LogP contribution in [0.2, 0.25) is 0 Å². The molecule has 0 N–H and O–H groups in total. The van der Waals surface area contributed by atoms with Gasteiger partial charge in [-0.3, -0.25) is 4.79 Å². The lowest BCUT2D eigenvalue weighted by Gasteiger charge is -2.13. The first-order valence-electron chi connectivity index (χ1n) is 3.81. The lowest BCUT2D eigenvalue weighted by molar-refractivity contribution is -0.127. The molecule has 1 aliphatic rings. The second-order valence-corrected chi connectivity index (χ2v) is 5.40. The van der Waals surface area contributed by atoms with E-state index in [0.29, 0.717) is 5.92 Å². The third kappa shape index (κ3) is 1.77. The van der Waals surface area contributed by atoms with Crippen LogP contribution in [0.1, 0.15) is 13.3 Å². The fourth-order valence-corrected chi connectivity index (χ4v) is 1.53. The predicted octanol–water partition coefficient (Wildman–Crippen LogP) is 0.0604. The Morgan fingerprint density at radius 2 is 1.92 bits per heavy atom. The molecule has 5 heteroatoms. The molecule has 12 heavy (non-hydrogen) atoms. The molecule has 2 atom stereocenters. The Morgan fingerprint density at radius 3 is 2.17 bits per heavy atom. The Balaban J connectivity index is 2.66. The Kier molecular flexibility index (Phi) is 2.16. The van der Waals surface area contributed by atoms with E-state index in [0.717, 1.165) is 17.0 Å². The highest BCUT2D eigenvalue weighted by Crippen LogP contribution is 2.39. The van der Waals surface area contributed by atoms with E-state index in [9.17, 15) is 13.2 Å². The normalized spacial score (nSPS) is 28.2. The van der Waals surface area contributed by atoms with Gasteiger partial charge in [-0.25, -0.2) is 12.7 Å². The molecule has 0 bridgehead atoms. The molecule has 0 aromatic carbocycles. The minimum atomic E-state index is -3.35. The molecule has 1 amide bonds. The number of carbonyl (C=O) groups excluding carboxylic acids is 1. The van der Waals surface area contributed by atoms with Gasteiger partial charge >= 0.3 is 0 Å². The van der Waals surface area contributed by atoms with Gasteiger partial charge in [0.15, 0.2) is 0 Å². The summed E-state index contributed by atoms with van der Waals surface area (Å²) in [6.45, 7) is 1.94. The zero-order valence-electron chi connectivity index (χ0n) is 7.44. The summed E-state index contributed by atoms with van der Waals surface area (Å²) in [7, 11) is -2.04. The van der Waals surface area contributed by atoms with Gasteiger partial charge in [0, 0.05) is 13.0 Å². The summed E-state index contributed by atoms with van der Waals surface area (Å²) in [6, 6.07) is 0. The molecule has 1 aliphatic carbocycles. The van der Waals surface area contributed by atoms with E-state index in [2.05, 4.69) is 0 Å². The maximum Gasteiger partial charge on any atom is 0.239 e. The highest BCUT2D eigenvalue weighted by atomic mass is 32.2. The van der Waals surface area contributed by atoms with Crippen LogP contribution in [0, 0.1) is 11.8 Å². The van der Waals surface area contributed by atoms with E-state index in [1.165, 1.54) is 7.05 Å². The molecular weight excluding hydrogens is 178 g/mol. The first-order chi connectivity index (χ1) is 5.34. The second-order valence-electron chi connectivity index (χ2n) is 3.39. The Bertz CT molecular complexity index is 296. The molecule has 0 radical (unpaired) electrons. The second kappa shape index (κ2) is 2.73. The van der Waals surface area contributed by atoms with E-state index in [1.54, 1.807) is 0 Å². The molecule has 0 aromatic heterocycles. The molecule has 0 aliphatic heterocycles. The first kappa shape index (κ1) is 9.51. The predicted molar refractivity (Wildman–Crippen MR) is 44.9 cm³/mol. The topological polar surface area (TPSA) is 54.5 Å². The monoisotopic (exact) mass is 191 g/mol. The van der Waals surface area contributed by atoms with Gasteiger partial charge in [0.2, 0.25) is 15.9 Å². The van der Waals surface area contributed by atoms with Gasteiger partial charge in [0.05, 0.1) is 6.26 Å². The van der Waals surface area contributed by atoms with Crippen molar-refractivity contribution in [2.75, 3.05) is 13.3 Å². The highest BCUT2D eigenvalue weighted by Gasteiger charge is 2.42. The first-order valence-corrected chi connectivity index (χ1v) is 5.66. The maximum absolute atomic E-state index is 11.3. The molecule has 1 fully saturated rings. The molecule has 0 unspecified atom stereocenters. The highest BCUT2D eigenvalue weighted by molar-refractivity contribution is 7.88. The van der Waals surface area contributed by atoms with Crippen molar-refractivity contribution in [2.45, 2.75) is 13.3 Å². The molecule has 0 spiro atoms. The maximum atomic E-state index is 11.3. The van der Waals surface area contributed by atoms with Gasteiger partial charge in [-0.15, -0.1) is 0 Å². The Hall–Kier alpha value is -0.580. The van der Waals surface area contributed by atoms with Crippen LogP contribution in [0.15, 0.2) is 0 Å². The van der Waals surface area contributed by atoms with E-state index in [4.69, 9.17) is 0 Å². The van der Waals surface area contributed by atoms with Crippen molar-refractivity contribution in [2.24, 2.45) is 11.8 Å². The van der Waals surface area contributed by atoms with Crippen molar-refractivity contribution < 1.29 is 13.2 Å². The number of hydrogen-bond donors (Lipinski definition) is 0. The largest absolute Gasteiger partial charge is 0.273 e. The molecule has 4 nitrogen and oxygen atoms in total. The number of sulfonamides is 1. The molecular formula is C7H13NO3S. The summed E-state index contributed by atoms with van der Waals surface area (Å²) in [5, 5.41) is 0. The van der Waals surface area contributed by atoms with Crippen molar-refractivity contribution in [3.8, 4) is 0 Å². The van der Waals surface area contributed by atoms with Gasteiger partial charge in [-0.2, -0.15) is 0 Å². The zero-order chi connectivity index (χ0) is 9.52. The smallest absolute Gasteiger partial charge is 0.239 e. The summed E-state index contributed by atoms with van der Waals surface area (Å²) in [5.41, 5.74) is 0. The minimum absolute atomic E-state index is 0.0651. The van der Waals surface area contributed by atoms with Gasteiger partial charge in [-0.05, 0) is 12.3 Å². The molecule has 0 aromatic rings. The zero-order valence-corrected chi connectivity index (χ0v) is 8.26. The fourth-order valence-electron chi connectivity index (χ4n) is 1.06. The molecule has 1 rings (SSSR count). The molecule has 0 saturated heterocycles. The van der Waals surface area contributed by atoms with Crippen LogP contribution in [-0.2, 0) is 14.8 Å². The summed E-state index contributed by atoms with van der Waals surface area (Å²) in [4.78, 5) is 11.3. The summed E-state index contributed by atoms with van der Waals surface area (Å²) >= 11 is 0. The van der Waals surface area contributed by atoms with Crippen LogP contribution in [0.5, 0.6) is 0 Å². The van der Waals surface area contributed by atoms with Crippen LogP contribution in [-0.4, -0.2) is 31.9 Å². The van der Waals surface area contributed by atoms with Gasteiger partial charge in [0.25, 0.3) is 0 Å². The van der Waals surface area contributed by atoms with E-state index >= 15 is 0 Å². The van der Waals surface area contributed by atoms with E-state index < -0.39 is 10.0 Å². The molecule has 0 heterocycles. The minimum Gasteiger partial charge on any atom is -0.273 e. The van der Waals surface area contributed by atoms with E-state index in [-0.39, 0.29) is 11.8 Å². The average molecular weight is 191 g/mol. The summed E-state index contributed by atoms with van der Waals surface area (Å²) < 4.78 is 22.7. The molecule has 70 valence electrons. The lowest BCUT2D eigenvalue weighted by atomic mass is 10.3. The van der Waals surface area contributed by atoms with Crippen LogP contribution in [0.25, 0.3) is 0 Å².